The Balaban J connectivity index is 2.25. The zero-order chi connectivity index (χ0) is 9.15. The highest BCUT2D eigenvalue weighted by Crippen LogP contribution is 2.53. The van der Waals surface area contributed by atoms with Crippen LogP contribution in [0.3, 0.4) is 0 Å². The maximum atomic E-state index is 9.89. The van der Waals surface area contributed by atoms with Gasteiger partial charge in [0, 0.05) is 0 Å². The Morgan fingerprint density at radius 2 is 1.83 bits per heavy atom. The first-order valence-corrected chi connectivity index (χ1v) is 4.42. The number of hydrogen-bond donors (Lipinski definition) is 2. The maximum Gasteiger partial charge on any atom is 0.121 e. The number of ether oxygens (including phenoxy) is 1. The van der Waals surface area contributed by atoms with Gasteiger partial charge in [-0.2, -0.15) is 0 Å². The van der Waals surface area contributed by atoms with Crippen molar-refractivity contribution in [2.24, 2.45) is 5.41 Å². The Bertz CT molecular complexity index is 209. The van der Waals surface area contributed by atoms with Gasteiger partial charge >= 0.3 is 0 Å². The number of fused-ring (bicyclic) bond motifs is 1. The fraction of sp³-hybridized carbons (Fsp3) is 1.00. The van der Waals surface area contributed by atoms with Crippen LogP contribution in [0.15, 0.2) is 0 Å². The van der Waals surface area contributed by atoms with Gasteiger partial charge in [-0.05, 0) is 18.8 Å². The monoisotopic (exact) mass is 172 g/mol. The standard InChI is InChI=1S/C9H16O3/c1-8(2)4-5(10)6-9(3,12-6)7(8)11/h5-7,10-11H,4H2,1-3H3. The molecule has 0 amide bonds. The summed E-state index contributed by atoms with van der Waals surface area (Å²) >= 11 is 0. The number of aliphatic hydroxyl groups is 2. The van der Waals surface area contributed by atoms with Gasteiger partial charge in [-0.3, -0.25) is 0 Å². The van der Waals surface area contributed by atoms with Crippen molar-refractivity contribution in [1.82, 2.24) is 0 Å². The van der Waals surface area contributed by atoms with Crippen molar-refractivity contribution in [3.8, 4) is 0 Å². The van der Waals surface area contributed by atoms with Gasteiger partial charge in [0.15, 0.2) is 0 Å². The molecule has 70 valence electrons. The molecular weight excluding hydrogens is 156 g/mol. The van der Waals surface area contributed by atoms with E-state index in [0.29, 0.717) is 6.42 Å². The van der Waals surface area contributed by atoms with Crippen molar-refractivity contribution in [3.63, 3.8) is 0 Å². The lowest BCUT2D eigenvalue weighted by Crippen LogP contribution is -2.50. The molecule has 1 saturated heterocycles. The second kappa shape index (κ2) is 2.03. The van der Waals surface area contributed by atoms with Crippen molar-refractivity contribution < 1.29 is 14.9 Å². The SMILES string of the molecule is CC1(C)CC(O)C2OC2(C)C1O. The van der Waals surface area contributed by atoms with E-state index in [-0.39, 0.29) is 11.5 Å². The maximum absolute atomic E-state index is 9.89. The van der Waals surface area contributed by atoms with Crippen LogP contribution in [-0.4, -0.2) is 34.1 Å². The van der Waals surface area contributed by atoms with Crippen LogP contribution in [0.5, 0.6) is 0 Å². The quantitative estimate of drug-likeness (QED) is 0.516. The van der Waals surface area contributed by atoms with Gasteiger partial charge in [-0.1, -0.05) is 13.8 Å². The second-order valence-corrected chi connectivity index (χ2v) is 4.88. The van der Waals surface area contributed by atoms with E-state index in [2.05, 4.69) is 0 Å². The number of epoxide rings is 1. The Morgan fingerprint density at radius 1 is 1.25 bits per heavy atom. The third kappa shape index (κ3) is 0.873. The molecule has 0 aromatic rings. The van der Waals surface area contributed by atoms with Crippen LogP contribution in [0.2, 0.25) is 0 Å². The Kier molecular flexibility index (Phi) is 1.43. The first kappa shape index (κ1) is 8.48. The lowest BCUT2D eigenvalue weighted by atomic mass is 9.69. The minimum absolute atomic E-state index is 0.138. The predicted molar refractivity (Wildman–Crippen MR) is 43.7 cm³/mol. The van der Waals surface area contributed by atoms with Gasteiger partial charge in [-0.15, -0.1) is 0 Å². The first-order chi connectivity index (χ1) is 5.38. The van der Waals surface area contributed by atoms with Crippen LogP contribution in [0, 0.1) is 5.41 Å². The minimum Gasteiger partial charge on any atom is -0.390 e. The van der Waals surface area contributed by atoms with Gasteiger partial charge < -0.3 is 14.9 Å². The first-order valence-electron chi connectivity index (χ1n) is 4.42. The molecule has 1 aliphatic heterocycles. The van der Waals surface area contributed by atoms with Gasteiger partial charge in [0.2, 0.25) is 0 Å². The molecule has 0 aromatic carbocycles. The normalized spacial score (nSPS) is 56.2. The van der Waals surface area contributed by atoms with Crippen molar-refractivity contribution in [2.45, 2.75) is 51.1 Å². The lowest BCUT2D eigenvalue weighted by molar-refractivity contribution is -0.0468. The summed E-state index contributed by atoms with van der Waals surface area (Å²) < 4.78 is 5.33. The molecule has 4 atom stereocenters. The van der Waals surface area contributed by atoms with Crippen LogP contribution < -0.4 is 0 Å². The summed E-state index contributed by atoms with van der Waals surface area (Å²) in [5.74, 6) is 0. The zero-order valence-corrected chi connectivity index (χ0v) is 7.74. The molecule has 1 saturated carbocycles. The molecular formula is C9H16O3. The highest BCUT2D eigenvalue weighted by Gasteiger charge is 2.67. The molecule has 12 heavy (non-hydrogen) atoms. The van der Waals surface area contributed by atoms with Gasteiger partial charge in [-0.25, -0.2) is 0 Å². The van der Waals surface area contributed by atoms with Crippen LogP contribution in [0.4, 0.5) is 0 Å². The summed E-state index contributed by atoms with van der Waals surface area (Å²) in [4.78, 5) is 0. The zero-order valence-electron chi connectivity index (χ0n) is 7.74. The van der Waals surface area contributed by atoms with E-state index in [1.807, 2.05) is 20.8 Å². The molecule has 2 N–H and O–H groups in total. The molecule has 1 heterocycles. The molecule has 2 fully saturated rings. The highest BCUT2D eigenvalue weighted by atomic mass is 16.6. The third-order valence-electron chi connectivity index (χ3n) is 3.26. The summed E-state index contributed by atoms with van der Waals surface area (Å²) in [6.07, 6.45) is -0.388. The molecule has 4 unspecified atom stereocenters. The molecule has 0 aromatic heterocycles. The predicted octanol–water partition coefficient (Wildman–Crippen LogP) is 0.296. The van der Waals surface area contributed by atoms with E-state index in [9.17, 15) is 10.2 Å². The molecule has 3 nitrogen and oxygen atoms in total. The van der Waals surface area contributed by atoms with E-state index in [1.54, 1.807) is 0 Å². The molecule has 0 spiro atoms. The Labute approximate surface area is 72.3 Å². The van der Waals surface area contributed by atoms with Crippen LogP contribution in [0.1, 0.15) is 27.2 Å². The summed E-state index contributed by atoms with van der Waals surface area (Å²) in [5.41, 5.74) is -0.720. The van der Waals surface area contributed by atoms with Gasteiger partial charge in [0.05, 0.1) is 12.2 Å². The Morgan fingerprint density at radius 3 is 2.42 bits per heavy atom. The molecule has 0 bridgehead atoms. The number of rotatable bonds is 0. The molecule has 2 rings (SSSR count). The van der Waals surface area contributed by atoms with E-state index in [0.717, 1.165) is 0 Å². The fourth-order valence-electron chi connectivity index (χ4n) is 2.45. The van der Waals surface area contributed by atoms with Crippen molar-refractivity contribution in [2.75, 3.05) is 0 Å². The molecule has 0 radical (unpaired) electrons. The topological polar surface area (TPSA) is 53.0 Å². The van der Waals surface area contributed by atoms with Crippen LogP contribution in [0.25, 0.3) is 0 Å². The van der Waals surface area contributed by atoms with Crippen molar-refractivity contribution in [3.05, 3.63) is 0 Å². The Hall–Kier alpha value is -0.120. The summed E-state index contributed by atoms with van der Waals surface area (Å²) in [6.45, 7) is 5.79. The van der Waals surface area contributed by atoms with Crippen molar-refractivity contribution >= 4 is 0 Å². The van der Waals surface area contributed by atoms with Crippen LogP contribution in [-0.2, 0) is 4.74 Å². The van der Waals surface area contributed by atoms with E-state index < -0.39 is 17.8 Å². The lowest BCUT2D eigenvalue weighted by Gasteiger charge is -2.38. The smallest absolute Gasteiger partial charge is 0.121 e. The third-order valence-corrected chi connectivity index (χ3v) is 3.26. The average Bonchev–Trinajstić information content (AvgIpc) is 2.60. The highest BCUT2D eigenvalue weighted by molar-refractivity contribution is 5.15. The fourth-order valence-corrected chi connectivity index (χ4v) is 2.45. The number of aliphatic hydroxyl groups excluding tert-OH is 2. The van der Waals surface area contributed by atoms with E-state index >= 15 is 0 Å². The second-order valence-electron chi connectivity index (χ2n) is 4.88. The minimum atomic E-state index is -0.485. The van der Waals surface area contributed by atoms with E-state index in [1.165, 1.54) is 0 Å². The average molecular weight is 172 g/mol. The van der Waals surface area contributed by atoms with Crippen LogP contribution >= 0.6 is 0 Å². The summed E-state index contributed by atoms with van der Waals surface area (Å²) in [5, 5.41) is 19.5. The largest absolute Gasteiger partial charge is 0.390 e. The summed E-state index contributed by atoms with van der Waals surface area (Å²) in [7, 11) is 0. The van der Waals surface area contributed by atoms with Gasteiger partial charge in [0.25, 0.3) is 0 Å². The van der Waals surface area contributed by atoms with Gasteiger partial charge in [0.1, 0.15) is 11.7 Å². The van der Waals surface area contributed by atoms with E-state index in [4.69, 9.17) is 4.74 Å². The summed E-state index contributed by atoms with van der Waals surface area (Å²) in [6, 6.07) is 0. The van der Waals surface area contributed by atoms with Crippen molar-refractivity contribution in [1.29, 1.82) is 0 Å². The number of hydrogen-bond acceptors (Lipinski definition) is 3. The molecule has 1 aliphatic carbocycles. The molecule has 2 aliphatic rings. The molecule has 3 heteroatoms.